The summed E-state index contributed by atoms with van der Waals surface area (Å²) in [5.41, 5.74) is -0.185. The number of fused-ring (bicyclic) bond motifs is 1. The molecule has 1 aromatic heterocycles. The number of hydrogen-bond acceptors (Lipinski definition) is 2. The standard InChI is InChI=1S/C14H7F4NS/c15-10-6-8(5-9(7-10)14(16,17)18)13-19-11-3-1-2-4-12(11)20-13/h1-7H. The Balaban J connectivity index is 2.16. The van der Waals surface area contributed by atoms with Crippen LogP contribution in [0.3, 0.4) is 0 Å². The highest BCUT2D eigenvalue weighted by Gasteiger charge is 2.31. The van der Waals surface area contributed by atoms with Gasteiger partial charge >= 0.3 is 6.18 Å². The molecule has 3 rings (SSSR count). The summed E-state index contributed by atoms with van der Waals surface area (Å²) >= 11 is 1.23. The maximum Gasteiger partial charge on any atom is 0.416 e. The molecule has 0 unspecified atom stereocenters. The largest absolute Gasteiger partial charge is 0.416 e. The van der Waals surface area contributed by atoms with Crippen LogP contribution in [-0.4, -0.2) is 4.98 Å². The molecule has 0 aliphatic heterocycles. The molecular weight excluding hydrogens is 290 g/mol. The van der Waals surface area contributed by atoms with E-state index in [0.29, 0.717) is 16.6 Å². The summed E-state index contributed by atoms with van der Waals surface area (Å²) in [6.07, 6.45) is -4.58. The van der Waals surface area contributed by atoms with Crippen LogP contribution in [0.4, 0.5) is 17.6 Å². The number of alkyl halides is 3. The van der Waals surface area contributed by atoms with Gasteiger partial charge in [0.15, 0.2) is 0 Å². The van der Waals surface area contributed by atoms with Crippen molar-refractivity contribution < 1.29 is 17.6 Å². The van der Waals surface area contributed by atoms with Crippen molar-refractivity contribution >= 4 is 21.6 Å². The number of nitrogens with zero attached hydrogens (tertiary/aromatic N) is 1. The predicted octanol–water partition coefficient (Wildman–Crippen LogP) is 5.12. The molecule has 20 heavy (non-hydrogen) atoms. The molecule has 2 aromatic carbocycles. The third-order valence-corrected chi connectivity index (χ3v) is 3.85. The zero-order valence-electron chi connectivity index (χ0n) is 9.91. The third kappa shape index (κ3) is 2.38. The normalized spacial score (nSPS) is 12.0. The fraction of sp³-hybridized carbons (Fsp3) is 0.0714. The molecule has 6 heteroatoms. The van der Waals surface area contributed by atoms with Crippen molar-refractivity contribution in [3.05, 3.63) is 53.8 Å². The number of halogens is 4. The highest BCUT2D eigenvalue weighted by molar-refractivity contribution is 7.21. The Morgan fingerprint density at radius 1 is 1.00 bits per heavy atom. The second-order valence-electron chi connectivity index (χ2n) is 4.21. The summed E-state index contributed by atoms with van der Waals surface area (Å²) in [4.78, 5) is 4.23. The lowest BCUT2D eigenvalue weighted by molar-refractivity contribution is -0.137. The van der Waals surface area contributed by atoms with Gasteiger partial charge in [-0.3, -0.25) is 0 Å². The summed E-state index contributed by atoms with van der Waals surface area (Å²) in [5.74, 6) is -0.922. The maximum atomic E-state index is 13.4. The van der Waals surface area contributed by atoms with E-state index >= 15 is 0 Å². The van der Waals surface area contributed by atoms with E-state index < -0.39 is 17.6 Å². The number of benzene rings is 2. The molecule has 0 spiro atoms. The topological polar surface area (TPSA) is 12.9 Å². The second-order valence-corrected chi connectivity index (χ2v) is 5.24. The second kappa shape index (κ2) is 4.56. The Hall–Kier alpha value is -1.95. The van der Waals surface area contributed by atoms with Crippen molar-refractivity contribution in [3.8, 4) is 10.6 Å². The average molecular weight is 297 g/mol. The number of aromatic nitrogens is 1. The minimum Gasteiger partial charge on any atom is -0.236 e. The van der Waals surface area contributed by atoms with Crippen LogP contribution in [0, 0.1) is 5.82 Å². The van der Waals surface area contributed by atoms with E-state index in [-0.39, 0.29) is 5.56 Å². The van der Waals surface area contributed by atoms with E-state index in [4.69, 9.17) is 0 Å². The van der Waals surface area contributed by atoms with E-state index in [1.54, 1.807) is 12.1 Å². The highest BCUT2D eigenvalue weighted by atomic mass is 32.1. The van der Waals surface area contributed by atoms with Crippen LogP contribution in [-0.2, 0) is 6.18 Å². The van der Waals surface area contributed by atoms with Gasteiger partial charge in [-0.05, 0) is 30.3 Å². The van der Waals surface area contributed by atoms with Crippen LogP contribution in [0.5, 0.6) is 0 Å². The Morgan fingerprint density at radius 2 is 1.75 bits per heavy atom. The summed E-state index contributed by atoms with van der Waals surface area (Å²) in [6.45, 7) is 0. The first-order valence-electron chi connectivity index (χ1n) is 5.67. The van der Waals surface area contributed by atoms with Crippen molar-refractivity contribution in [2.45, 2.75) is 6.18 Å². The molecule has 0 aliphatic rings. The maximum absolute atomic E-state index is 13.4. The monoisotopic (exact) mass is 297 g/mol. The van der Waals surface area contributed by atoms with Crippen LogP contribution >= 0.6 is 11.3 Å². The van der Waals surface area contributed by atoms with Crippen LogP contribution < -0.4 is 0 Å². The molecule has 0 bridgehead atoms. The van der Waals surface area contributed by atoms with E-state index in [1.165, 1.54) is 11.3 Å². The third-order valence-electron chi connectivity index (χ3n) is 2.77. The van der Waals surface area contributed by atoms with Crippen LogP contribution in [0.1, 0.15) is 5.56 Å². The van der Waals surface area contributed by atoms with Gasteiger partial charge in [0.1, 0.15) is 10.8 Å². The Morgan fingerprint density at radius 3 is 2.45 bits per heavy atom. The van der Waals surface area contributed by atoms with Gasteiger partial charge in [0.05, 0.1) is 15.8 Å². The van der Waals surface area contributed by atoms with Crippen LogP contribution in [0.15, 0.2) is 42.5 Å². The van der Waals surface area contributed by atoms with Crippen molar-refractivity contribution in [2.24, 2.45) is 0 Å². The lowest BCUT2D eigenvalue weighted by Gasteiger charge is -2.08. The van der Waals surface area contributed by atoms with E-state index in [1.807, 2.05) is 12.1 Å². The quantitative estimate of drug-likeness (QED) is 0.568. The number of rotatable bonds is 1. The van der Waals surface area contributed by atoms with Gasteiger partial charge in [0.2, 0.25) is 0 Å². The van der Waals surface area contributed by atoms with E-state index in [9.17, 15) is 17.6 Å². The molecule has 1 heterocycles. The molecule has 0 amide bonds. The minimum absolute atomic E-state index is 0.138. The molecule has 0 fully saturated rings. The molecule has 0 radical (unpaired) electrons. The number of hydrogen-bond donors (Lipinski definition) is 0. The molecule has 0 N–H and O–H groups in total. The smallest absolute Gasteiger partial charge is 0.236 e. The van der Waals surface area contributed by atoms with E-state index in [2.05, 4.69) is 4.98 Å². The minimum atomic E-state index is -4.58. The summed E-state index contributed by atoms with van der Waals surface area (Å²) in [7, 11) is 0. The van der Waals surface area contributed by atoms with Crippen LogP contribution in [0.25, 0.3) is 20.8 Å². The van der Waals surface area contributed by atoms with Gasteiger partial charge in [0, 0.05) is 5.56 Å². The first-order chi connectivity index (χ1) is 9.43. The summed E-state index contributed by atoms with van der Waals surface area (Å²) < 4.78 is 52.3. The SMILES string of the molecule is Fc1cc(-c2nc3ccccc3s2)cc(C(F)(F)F)c1. The first kappa shape index (κ1) is 13.1. The Labute approximate surface area is 115 Å². The molecule has 1 nitrogen and oxygen atoms in total. The molecule has 102 valence electrons. The lowest BCUT2D eigenvalue weighted by atomic mass is 10.1. The molecule has 0 saturated heterocycles. The summed E-state index contributed by atoms with van der Waals surface area (Å²) in [6, 6.07) is 9.65. The van der Waals surface area contributed by atoms with Crippen molar-refractivity contribution in [3.63, 3.8) is 0 Å². The van der Waals surface area contributed by atoms with Gasteiger partial charge in [0.25, 0.3) is 0 Å². The summed E-state index contributed by atoms with van der Waals surface area (Å²) in [5, 5.41) is 0.371. The van der Waals surface area contributed by atoms with Crippen molar-refractivity contribution in [2.75, 3.05) is 0 Å². The van der Waals surface area contributed by atoms with Gasteiger partial charge in [-0.25, -0.2) is 9.37 Å². The zero-order valence-corrected chi connectivity index (χ0v) is 10.7. The van der Waals surface area contributed by atoms with Gasteiger partial charge in [-0.2, -0.15) is 13.2 Å². The average Bonchev–Trinajstić information content (AvgIpc) is 2.80. The molecule has 0 aliphatic carbocycles. The first-order valence-corrected chi connectivity index (χ1v) is 6.49. The molecule has 0 saturated carbocycles. The van der Waals surface area contributed by atoms with Crippen molar-refractivity contribution in [1.29, 1.82) is 0 Å². The number of thiazole rings is 1. The number of para-hydroxylation sites is 1. The fourth-order valence-electron chi connectivity index (χ4n) is 1.87. The van der Waals surface area contributed by atoms with Gasteiger partial charge in [-0.1, -0.05) is 12.1 Å². The molecule has 3 aromatic rings. The molecule has 0 atom stereocenters. The highest BCUT2D eigenvalue weighted by Crippen LogP contribution is 2.35. The predicted molar refractivity (Wildman–Crippen MR) is 70.0 cm³/mol. The Kier molecular flexibility index (Phi) is 2.97. The van der Waals surface area contributed by atoms with E-state index in [0.717, 1.165) is 16.8 Å². The molecular formula is C14H7F4NS. The van der Waals surface area contributed by atoms with Gasteiger partial charge in [-0.15, -0.1) is 11.3 Å². The van der Waals surface area contributed by atoms with Crippen LogP contribution in [0.2, 0.25) is 0 Å². The zero-order chi connectivity index (χ0) is 14.3. The van der Waals surface area contributed by atoms with Gasteiger partial charge < -0.3 is 0 Å². The van der Waals surface area contributed by atoms with Crippen molar-refractivity contribution in [1.82, 2.24) is 4.98 Å². The lowest BCUT2D eigenvalue weighted by Crippen LogP contribution is -2.05. The fourth-order valence-corrected chi connectivity index (χ4v) is 2.83. The Bertz CT molecular complexity index is 743.